The van der Waals surface area contributed by atoms with Crippen molar-refractivity contribution in [1.82, 2.24) is 14.8 Å². The second-order valence-corrected chi connectivity index (χ2v) is 6.51. The van der Waals surface area contributed by atoms with Crippen molar-refractivity contribution in [3.8, 4) is 5.82 Å². The molecule has 5 nitrogen and oxygen atoms in total. The van der Waals surface area contributed by atoms with Crippen LogP contribution in [0.1, 0.15) is 5.56 Å². The molecule has 2 aromatic heterocycles. The third-order valence-corrected chi connectivity index (χ3v) is 5.01. The Balaban J connectivity index is 1.44. The third kappa shape index (κ3) is 2.85. The van der Waals surface area contributed by atoms with Crippen LogP contribution < -0.4 is 5.32 Å². The largest absolute Gasteiger partial charge is 0.324 e. The van der Waals surface area contributed by atoms with Gasteiger partial charge in [0, 0.05) is 17.3 Å². The van der Waals surface area contributed by atoms with Crippen LogP contribution in [0.4, 0.5) is 5.69 Å². The van der Waals surface area contributed by atoms with Crippen LogP contribution in [0.3, 0.4) is 0 Å². The van der Waals surface area contributed by atoms with E-state index in [4.69, 9.17) is 0 Å². The van der Waals surface area contributed by atoms with Crippen molar-refractivity contribution in [2.45, 2.75) is 16.6 Å². The molecular formula is C17H14N4OS. The Hall–Kier alpha value is -2.60. The van der Waals surface area contributed by atoms with Crippen molar-refractivity contribution in [2.75, 3.05) is 5.32 Å². The highest BCUT2D eigenvalue weighted by molar-refractivity contribution is 8.01. The first-order valence-corrected chi connectivity index (χ1v) is 8.19. The van der Waals surface area contributed by atoms with Gasteiger partial charge in [-0.1, -0.05) is 18.2 Å². The van der Waals surface area contributed by atoms with Crippen LogP contribution >= 0.6 is 11.8 Å². The molecule has 6 heteroatoms. The van der Waals surface area contributed by atoms with E-state index in [-0.39, 0.29) is 11.2 Å². The molecule has 0 saturated heterocycles. The van der Waals surface area contributed by atoms with Crippen LogP contribution in [0.5, 0.6) is 0 Å². The first-order chi connectivity index (χ1) is 11.3. The Morgan fingerprint density at radius 2 is 2.13 bits per heavy atom. The van der Waals surface area contributed by atoms with Crippen molar-refractivity contribution in [2.24, 2.45) is 0 Å². The van der Waals surface area contributed by atoms with Gasteiger partial charge in [0.2, 0.25) is 5.91 Å². The van der Waals surface area contributed by atoms with Crippen molar-refractivity contribution in [3.05, 3.63) is 66.6 Å². The number of thioether (sulfide) groups is 1. The normalized spacial score (nSPS) is 16.1. The summed E-state index contributed by atoms with van der Waals surface area (Å²) in [5.41, 5.74) is 1.94. The summed E-state index contributed by atoms with van der Waals surface area (Å²) in [7, 11) is 0. The number of amides is 1. The standard InChI is InChI=1S/C17H14N4OS/c22-17(15-10-12-4-1-2-5-14(12)23-15)20-13-6-7-16(18-11-13)21-9-3-8-19-21/h1-9,11,15H,10H2,(H,20,22). The molecule has 1 amide bonds. The molecule has 114 valence electrons. The van der Waals surface area contributed by atoms with Crippen LogP contribution in [0, 0.1) is 0 Å². The van der Waals surface area contributed by atoms with Gasteiger partial charge in [0.25, 0.3) is 0 Å². The van der Waals surface area contributed by atoms with Crippen molar-refractivity contribution in [3.63, 3.8) is 0 Å². The number of nitrogens with zero attached hydrogens (tertiary/aromatic N) is 3. The van der Waals surface area contributed by atoms with Gasteiger partial charge < -0.3 is 5.32 Å². The molecule has 1 atom stereocenters. The maximum Gasteiger partial charge on any atom is 0.238 e. The molecule has 1 aliphatic heterocycles. The Bertz CT molecular complexity index is 805. The molecule has 4 rings (SSSR count). The molecule has 0 bridgehead atoms. The molecule has 1 aromatic carbocycles. The average molecular weight is 322 g/mol. The van der Waals surface area contributed by atoms with E-state index in [9.17, 15) is 4.79 Å². The van der Waals surface area contributed by atoms with Gasteiger partial charge in [0.05, 0.1) is 17.1 Å². The van der Waals surface area contributed by atoms with Gasteiger partial charge in [-0.15, -0.1) is 11.8 Å². The van der Waals surface area contributed by atoms with Gasteiger partial charge in [0.1, 0.15) is 0 Å². The maximum absolute atomic E-state index is 12.4. The first kappa shape index (κ1) is 14.0. The van der Waals surface area contributed by atoms with Crippen molar-refractivity contribution >= 4 is 23.4 Å². The molecule has 0 radical (unpaired) electrons. The summed E-state index contributed by atoms with van der Waals surface area (Å²) in [6.07, 6.45) is 5.95. The molecular weight excluding hydrogens is 308 g/mol. The number of benzene rings is 1. The molecule has 0 fully saturated rings. The van der Waals surface area contributed by atoms with Gasteiger partial charge in [-0.25, -0.2) is 9.67 Å². The summed E-state index contributed by atoms with van der Waals surface area (Å²) < 4.78 is 1.68. The van der Waals surface area contributed by atoms with Gasteiger partial charge in [-0.3, -0.25) is 4.79 Å². The second kappa shape index (κ2) is 5.89. The third-order valence-electron chi connectivity index (χ3n) is 3.69. The number of rotatable bonds is 3. The van der Waals surface area contributed by atoms with Gasteiger partial charge in [0.15, 0.2) is 5.82 Å². The number of anilines is 1. The number of nitrogens with one attached hydrogen (secondary N) is 1. The summed E-state index contributed by atoms with van der Waals surface area (Å²) >= 11 is 1.62. The molecule has 23 heavy (non-hydrogen) atoms. The van der Waals surface area contributed by atoms with E-state index < -0.39 is 0 Å². The number of fused-ring (bicyclic) bond motifs is 1. The molecule has 0 spiro atoms. The van der Waals surface area contributed by atoms with Crippen LogP contribution in [-0.2, 0) is 11.2 Å². The highest BCUT2D eigenvalue weighted by atomic mass is 32.2. The number of aromatic nitrogens is 3. The average Bonchev–Trinajstić information content (AvgIpc) is 3.25. The quantitative estimate of drug-likeness (QED) is 0.805. The SMILES string of the molecule is O=C(Nc1ccc(-n2cccn2)nc1)C1Cc2ccccc2S1. The van der Waals surface area contributed by atoms with E-state index in [1.807, 2.05) is 36.5 Å². The van der Waals surface area contributed by atoms with Crippen LogP contribution in [0.2, 0.25) is 0 Å². The van der Waals surface area contributed by atoms with E-state index in [1.165, 1.54) is 10.5 Å². The Kier molecular flexibility index (Phi) is 3.59. The minimum atomic E-state index is -0.0850. The smallest absolute Gasteiger partial charge is 0.238 e. The monoisotopic (exact) mass is 322 g/mol. The summed E-state index contributed by atoms with van der Waals surface area (Å²) in [4.78, 5) is 17.9. The molecule has 1 N–H and O–H groups in total. The molecule has 3 aromatic rings. The van der Waals surface area contributed by atoms with E-state index in [1.54, 1.807) is 28.8 Å². The zero-order valence-electron chi connectivity index (χ0n) is 12.2. The van der Waals surface area contributed by atoms with Crippen LogP contribution in [-0.4, -0.2) is 25.9 Å². The minimum Gasteiger partial charge on any atom is -0.324 e. The first-order valence-electron chi connectivity index (χ1n) is 7.31. The van der Waals surface area contributed by atoms with E-state index in [0.717, 1.165) is 12.2 Å². The summed E-state index contributed by atoms with van der Waals surface area (Å²) in [6, 6.07) is 13.7. The molecule has 3 heterocycles. The molecule has 0 aliphatic carbocycles. The lowest BCUT2D eigenvalue weighted by Crippen LogP contribution is -2.24. The second-order valence-electron chi connectivity index (χ2n) is 5.26. The lowest BCUT2D eigenvalue weighted by molar-refractivity contribution is -0.115. The number of carbonyl (C=O) groups is 1. The number of hydrogen-bond donors (Lipinski definition) is 1. The predicted octanol–water partition coefficient (Wildman–Crippen LogP) is 2.92. The lowest BCUT2D eigenvalue weighted by Gasteiger charge is -2.10. The number of pyridine rings is 1. The maximum atomic E-state index is 12.4. The number of hydrogen-bond acceptors (Lipinski definition) is 4. The summed E-state index contributed by atoms with van der Waals surface area (Å²) in [6.45, 7) is 0. The van der Waals surface area contributed by atoms with Gasteiger partial charge >= 0.3 is 0 Å². The zero-order chi connectivity index (χ0) is 15.6. The van der Waals surface area contributed by atoms with Crippen LogP contribution in [0.25, 0.3) is 5.82 Å². The van der Waals surface area contributed by atoms with Gasteiger partial charge in [-0.2, -0.15) is 5.10 Å². The van der Waals surface area contributed by atoms with E-state index >= 15 is 0 Å². The number of carbonyl (C=O) groups excluding carboxylic acids is 1. The molecule has 1 aliphatic rings. The highest BCUT2D eigenvalue weighted by Crippen LogP contribution is 2.37. The highest BCUT2D eigenvalue weighted by Gasteiger charge is 2.27. The van der Waals surface area contributed by atoms with Crippen molar-refractivity contribution in [1.29, 1.82) is 0 Å². The fraction of sp³-hybridized carbons (Fsp3) is 0.118. The fourth-order valence-corrected chi connectivity index (χ4v) is 3.75. The van der Waals surface area contributed by atoms with Gasteiger partial charge in [-0.05, 0) is 36.2 Å². The van der Waals surface area contributed by atoms with Crippen molar-refractivity contribution < 1.29 is 4.79 Å². The lowest BCUT2D eigenvalue weighted by atomic mass is 10.1. The predicted molar refractivity (Wildman–Crippen MR) is 89.8 cm³/mol. The Morgan fingerprint density at radius 1 is 1.22 bits per heavy atom. The zero-order valence-corrected chi connectivity index (χ0v) is 13.0. The van der Waals surface area contributed by atoms with E-state index in [0.29, 0.717) is 5.69 Å². The fourth-order valence-electron chi connectivity index (χ4n) is 2.55. The topological polar surface area (TPSA) is 59.8 Å². The molecule has 0 saturated carbocycles. The Morgan fingerprint density at radius 3 is 2.87 bits per heavy atom. The molecule has 1 unspecified atom stereocenters. The minimum absolute atomic E-state index is 0.0137. The summed E-state index contributed by atoms with van der Waals surface area (Å²) in [5, 5.41) is 6.98. The Labute approximate surface area is 137 Å². The summed E-state index contributed by atoms with van der Waals surface area (Å²) in [5.74, 6) is 0.732. The van der Waals surface area contributed by atoms with Crippen LogP contribution in [0.15, 0.2) is 66.0 Å². The van der Waals surface area contributed by atoms with E-state index in [2.05, 4.69) is 27.5 Å².